The molecule has 0 saturated heterocycles. The van der Waals surface area contributed by atoms with Crippen molar-refractivity contribution >= 4 is 11.8 Å². The number of carbonyl (C=O) groups excluding carboxylic acids is 1. The van der Waals surface area contributed by atoms with Crippen LogP contribution < -0.4 is 0 Å². The quantitative estimate of drug-likeness (QED) is 0.778. The van der Waals surface area contributed by atoms with Crippen LogP contribution in [0.15, 0.2) is 23.3 Å². The van der Waals surface area contributed by atoms with E-state index in [9.17, 15) is 9.59 Å². The number of carboxylic acid groups (broad SMARTS) is 1. The number of rotatable bonds is 4. The molecule has 0 aromatic rings. The maximum atomic E-state index is 11.6. The largest absolute Gasteiger partial charge is 0.478 e. The third-order valence-electron chi connectivity index (χ3n) is 3.71. The third-order valence-corrected chi connectivity index (χ3v) is 3.71. The predicted molar refractivity (Wildman–Crippen MR) is 71.3 cm³/mol. The Bertz CT molecular complexity index is 413. The van der Waals surface area contributed by atoms with Crippen LogP contribution in [0.1, 0.15) is 47.0 Å². The molecule has 1 N–H and O–H groups in total. The normalized spacial score (nSPS) is 23.8. The topological polar surface area (TPSA) is 54.4 Å². The number of ketones is 1. The van der Waals surface area contributed by atoms with Gasteiger partial charge >= 0.3 is 5.97 Å². The van der Waals surface area contributed by atoms with Crippen molar-refractivity contribution in [2.75, 3.05) is 0 Å². The van der Waals surface area contributed by atoms with E-state index in [0.29, 0.717) is 12.3 Å². The molecule has 0 fully saturated rings. The van der Waals surface area contributed by atoms with Gasteiger partial charge in [0.15, 0.2) is 5.78 Å². The van der Waals surface area contributed by atoms with Gasteiger partial charge in [0.25, 0.3) is 0 Å². The lowest BCUT2D eigenvalue weighted by Gasteiger charge is -2.37. The van der Waals surface area contributed by atoms with Crippen LogP contribution in [0, 0.1) is 11.3 Å². The van der Waals surface area contributed by atoms with E-state index >= 15 is 0 Å². The van der Waals surface area contributed by atoms with Crippen LogP contribution in [0.4, 0.5) is 0 Å². The highest BCUT2D eigenvalue weighted by Gasteiger charge is 2.35. The molecule has 0 aromatic heterocycles. The Morgan fingerprint density at radius 3 is 2.67 bits per heavy atom. The van der Waals surface area contributed by atoms with E-state index in [2.05, 4.69) is 13.8 Å². The van der Waals surface area contributed by atoms with E-state index < -0.39 is 5.97 Å². The molecule has 0 saturated carbocycles. The highest BCUT2D eigenvalue weighted by atomic mass is 16.4. The van der Waals surface area contributed by atoms with Gasteiger partial charge in [0.05, 0.1) is 0 Å². The molecule has 0 spiro atoms. The van der Waals surface area contributed by atoms with E-state index in [0.717, 1.165) is 24.0 Å². The number of carboxylic acids is 1. The minimum atomic E-state index is -0.891. The maximum Gasteiger partial charge on any atom is 0.328 e. The smallest absolute Gasteiger partial charge is 0.328 e. The van der Waals surface area contributed by atoms with Gasteiger partial charge < -0.3 is 5.11 Å². The van der Waals surface area contributed by atoms with Crippen LogP contribution in [-0.4, -0.2) is 16.9 Å². The van der Waals surface area contributed by atoms with E-state index in [1.807, 2.05) is 13.8 Å². The van der Waals surface area contributed by atoms with E-state index in [1.54, 1.807) is 6.08 Å². The Morgan fingerprint density at radius 1 is 1.56 bits per heavy atom. The fraction of sp³-hybridized carbons (Fsp3) is 0.600. The summed E-state index contributed by atoms with van der Waals surface area (Å²) in [5, 5.41) is 8.68. The van der Waals surface area contributed by atoms with Crippen molar-refractivity contribution in [2.45, 2.75) is 47.0 Å². The number of aliphatic carboxylic acids is 1. The fourth-order valence-corrected chi connectivity index (χ4v) is 2.87. The molecule has 0 amide bonds. The first-order valence-electron chi connectivity index (χ1n) is 6.33. The SMILES string of the molecule is CC1=CC(=O)CC(C)(C)[C@@H]1CC/C(C)=C/C(=O)O. The van der Waals surface area contributed by atoms with Crippen molar-refractivity contribution in [3.05, 3.63) is 23.3 Å². The Labute approximate surface area is 109 Å². The minimum Gasteiger partial charge on any atom is -0.478 e. The van der Waals surface area contributed by atoms with Gasteiger partial charge in [-0.2, -0.15) is 0 Å². The summed E-state index contributed by atoms with van der Waals surface area (Å²) in [4.78, 5) is 22.1. The predicted octanol–water partition coefficient (Wildman–Crippen LogP) is 3.36. The van der Waals surface area contributed by atoms with E-state index in [4.69, 9.17) is 5.11 Å². The summed E-state index contributed by atoms with van der Waals surface area (Å²) >= 11 is 0. The molecule has 0 radical (unpaired) electrons. The average molecular weight is 250 g/mol. The summed E-state index contributed by atoms with van der Waals surface area (Å²) in [5.41, 5.74) is 1.97. The van der Waals surface area contributed by atoms with Crippen molar-refractivity contribution in [2.24, 2.45) is 11.3 Å². The van der Waals surface area contributed by atoms with Gasteiger partial charge in [-0.05, 0) is 44.1 Å². The van der Waals surface area contributed by atoms with Crippen molar-refractivity contribution in [1.29, 1.82) is 0 Å². The van der Waals surface area contributed by atoms with Crippen LogP contribution in [-0.2, 0) is 9.59 Å². The molecule has 0 bridgehead atoms. The highest BCUT2D eigenvalue weighted by Crippen LogP contribution is 2.42. The lowest BCUT2D eigenvalue weighted by molar-refractivity contribution is -0.131. The molecule has 0 heterocycles. The molecule has 3 nitrogen and oxygen atoms in total. The van der Waals surface area contributed by atoms with E-state index in [-0.39, 0.29) is 11.2 Å². The highest BCUT2D eigenvalue weighted by molar-refractivity contribution is 5.92. The average Bonchev–Trinajstić information content (AvgIpc) is 2.12. The number of allylic oxidation sites excluding steroid dienone is 3. The van der Waals surface area contributed by atoms with Gasteiger partial charge in [-0.1, -0.05) is 25.0 Å². The number of hydrogen-bond donors (Lipinski definition) is 1. The summed E-state index contributed by atoms with van der Waals surface area (Å²) in [6, 6.07) is 0. The molecule has 0 aliphatic heterocycles. The molecular weight excluding hydrogens is 228 g/mol. The fourth-order valence-electron chi connectivity index (χ4n) is 2.87. The lowest BCUT2D eigenvalue weighted by Crippen LogP contribution is -2.31. The number of carbonyl (C=O) groups is 2. The van der Waals surface area contributed by atoms with Crippen molar-refractivity contribution in [1.82, 2.24) is 0 Å². The monoisotopic (exact) mass is 250 g/mol. The molecule has 1 rings (SSSR count). The standard InChI is InChI=1S/C15H22O3/c1-10(7-14(17)18)5-6-13-11(2)8-12(16)9-15(13,3)4/h7-8,13H,5-6,9H2,1-4H3,(H,17,18)/b10-7+/t13-/m1/s1. The second-order valence-corrected chi connectivity index (χ2v) is 5.94. The third kappa shape index (κ3) is 3.83. The van der Waals surface area contributed by atoms with Gasteiger partial charge in [-0.25, -0.2) is 4.79 Å². The van der Waals surface area contributed by atoms with Gasteiger partial charge in [-0.3, -0.25) is 4.79 Å². The molecule has 100 valence electrons. The van der Waals surface area contributed by atoms with Gasteiger partial charge in [0, 0.05) is 12.5 Å². The van der Waals surface area contributed by atoms with Crippen LogP contribution in [0.3, 0.4) is 0 Å². The first-order valence-corrected chi connectivity index (χ1v) is 6.33. The van der Waals surface area contributed by atoms with Crippen LogP contribution in [0.25, 0.3) is 0 Å². The lowest BCUT2D eigenvalue weighted by atomic mass is 9.66. The maximum absolute atomic E-state index is 11.6. The first kappa shape index (κ1) is 14.7. The zero-order valence-corrected chi connectivity index (χ0v) is 11.6. The summed E-state index contributed by atoms with van der Waals surface area (Å²) in [6.07, 6.45) is 5.25. The summed E-state index contributed by atoms with van der Waals surface area (Å²) in [6.45, 7) is 8.07. The molecule has 1 atom stereocenters. The van der Waals surface area contributed by atoms with Crippen molar-refractivity contribution in [3.8, 4) is 0 Å². The van der Waals surface area contributed by atoms with Crippen LogP contribution >= 0.6 is 0 Å². The van der Waals surface area contributed by atoms with Crippen LogP contribution in [0.2, 0.25) is 0 Å². The Hall–Kier alpha value is -1.38. The summed E-state index contributed by atoms with van der Waals surface area (Å²) < 4.78 is 0. The molecule has 18 heavy (non-hydrogen) atoms. The first-order chi connectivity index (χ1) is 8.22. The molecular formula is C15H22O3. The Morgan fingerprint density at radius 2 is 2.17 bits per heavy atom. The van der Waals surface area contributed by atoms with Crippen LogP contribution in [0.5, 0.6) is 0 Å². The molecule has 3 heteroatoms. The van der Waals surface area contributed by atoms with Gasteiger partial charge in [0.1, 0.15) is 0 Å². The summed E-state index contributed by atoms with van der Waals surface area (Å²) in [7, 11) is 0. The van der Waals surface area contributed by atoms with Crippen molar-refractivity contribution < 1.29 is 14.7 Å². The van der Waals surface area contributed by atoms with Crippen molar-refractivity contribution in [3.63, 3.8) is 0 Å². The van der Waals surface area contributed by atoms with E-state index in [1.165, 1.54) is 6.08 Å². The van der Waals surface area contributed by atoms with Gasteiger partial charge in [-0.15, -0.1) is 0 Å². The Kier molecular flexibility index (Phi) is 4.49. The molecule has 0 aromatic carbocycles. The molecule has 0 unspecified atom stereocenters. The molecule has 1 aliphatic rings. The summed E-state index contributed by atoms with van der Waals surface area (Å²) in [5.74, 6) is -0.336. The molecule has 1 aliphatic carbocycles. The Balaban J connectivity index is 2.74. The second-order valence-electron chi connectivity index (χ2n) is 5.94. The zero-order valence-electron chi connectivity index (χ0n) is 11.6. The second kappa shape index (κ2) is 5.51. The number of hydrogen-bond acceptors (Lipinski definition) is 2. The van der Waals surface area contributed by atoms with Gasteiger partial charge in [0.2, 0.25) is 0 Å². The zero-order chi connectivity index (χ0) is 13.9. The minimum absolute atomic E-state index is 0.0284.